The summed E-state index contributed by atoms with van der Waals surface area (Å²) in [6, 6.07) is 4.56. The molecule has 1 amide bonds. The molecule has 1 unspecified atom stereocenters. The van der Waals surface area contributed by atoms with Gasteiger partial charge in [0.05, 0.1) is 12.2 Å². The van der Waals surface area contributed by atoms with Crippen molar-refractivity contribution in [1.82, 2.24) is 14.4 Å². The fourth-order valence-corrected chi connectivity index (χ4v) is 3.84. The number of carbonyl (C=O) groups is 1. The van der Waals surface area contributed by atoms with E-state index in [4.69, 9.17) is 30.5 Å². The van der Waals surface area contributed by atoms with Crippen molar-refractivity contribution < 1.29 is 45.3 Å². The number of halogens is 4. The van der Waals surface area contributed by atoms with Crippen molar-refractivity contribution in [3.05, 3.63) is 46.6 Å². The zero-order valence-corrected chi connectivity index (χ0v) is 22.0. The van der Waals surface area contributed by atoms with Crippen LogP contribution in [-0.4, -0.2) is 45.9 Å². The average Bonchev–Trinajstić information content (AvgIpc) is 2.78. The van der Waals surface area contributed by atoms with Crippen LogP contribution in [0.15, 0.2) is 30.5 Å². The molecule has 37 heavy (non-hydrogen) atoms. The van der Waals surface area contributed by atoms with Gasteiger partial charge < -0.3 is 18.9 Å². The molecule has 2 rings (SSSR count). The number of aromatic nitrogens is 1. The van der Waals surface area contributed by atoms with Gasteiger partial charge in [-0.25, -0.2) is 14.5 Å². The summed E-state index contributed by atoms with van der Waals surface area (Å²) >= 11 is 5.94. The Morgan fingerprint density at radius 3 is 2.46 bits per heavy atom. The highest BCUT2D eigenvalue weighted by Gasteiger charge is 2.32. The molecule has 0 spiro atoms. The van der Waals surface area contributed by atoms with Crippen LogP contribution in [0.2, 0.25) is 5.02 Å². The SMILES string of the molecule is COCCOc1ccc(COC(=O)NS(=O)(=O)NC(C)C(C)C)c(Oc2ncc(C(F)(F)F)cc2Cl)c1. The van der Waals surface area contributed by atoms with E-state index < -0.39 is 45.7 Å². The summed E-state index contributed by atoms with van der Waals surface area (Å²) in [5.74, 6) is -0.0737. The molecule has 2 N–H and O–H groups in total. The van der Waals surface area contributed by atoms with E-state index in [1.165, 1.54) is 25.3 Å². The molecule has 10 nitrogen and oxygen atoms in total. The highest BCUT2D eigenvalue weighted by Crippen LogP contribution is 2.36. The van der Waals surface area contributed by atoms with E-state index in [1.807, 2.05) is 0 Å². The second-order valence-electron chi connectivity index (χ2n) is 8.05. The van der Waals surface area contributed by atoms with Gasteiger partial charge in [-0.2, -0.15) is 26.3 Å². The van der Waals surface area contributed by atoms with E-state index in [2.05, 4.69) is 9.71 Å². The largest absolute Gasteiger partial charge is 0.491 e. The summed E-state index contributed by atoms with van der Waals surface area (Å²) in [4.78, 5) is 15.7. The van der Waals surface area contributed by atoms with Crippen LogP contribution in [-0.2, 0) is 32.5 Å². The van der Waals surface area contributed by atoms with E-state index >= 15 is 0 Å². The van der Waals surface area contributed by atoms with Crippen LogP contribution >= 0.6 is 11.6 Å². The summed E-state index contributed by atoms with van der Waals surface area (Å²) in [5.41, 5.74) is -0.851. The summed E-state index contributed by atoms with van der Waals surface area (Å²) in [5, 5.41) is -0.415. The van der Waals surface area contributed by atoms with Crippen LogP contribution in [0.4, 0.5) is 18.0 Å². The van der Waals surface area contributed by atoms with Crippen LogP contribution in [0.3, 0.4) is 0 Å². The molecular formula is C22H27ClF3N3O7S. The lowest BCUT2D eigenvalue weighted by Gasteiger charge is -2.18. The molecule has 0 aliphatic carbocycles. The van der Waals surface area contributed by atoms with Crippen molar-refractivity contribution >= 4 is 27.9 Å². The summed E-state index contributed by atoms with van der Waals surface area (Å²) in [6.45, 7) is 5.24. The first-order valence-corrected chi connectivity index (χ1v) is 12.7. The van der Waals surface area contributed by atoms with Crippen molar-refractivity contribution in [2.75, 3.05) is 20.3 Å². The Morgan fingerprint density at radius 1 is 1.16 bits per heavy atom. The maximum absolute atomic E-state index is 12.9. The maximum Gasteiger partial charge on any atom is 0.422 e. The van der Waals surface area contributed by atoms with Gasteiger partial charge in [0, 0.05) is 31.0 Å². The molecule has 0 aliphatic rings. The highest BCUT2D eigenvalue weighted by atomic mass is 35.5. The first-order valence-electron chi connectivity index (χ1n) is 10.8. The number of alkyl halides is 3. The number of nitrogens with zero attached hydrogens (tertiary/aromatic N) is 1. The lowest BCUT2D eigenvalue weighted by molar-refractivity contribution is -0.137. The van der Waals surface area contributed by atoms with Crippen molar-refractivity contribution in [3.8, 4) is 17.4 Å². The average molecular weight is 570 g/mol. The topological polar surface area (TPSA) is 125 Å². The molecule has 1 aromatic heterocycles. The number of carbonyl (C=O) groups excluding carboxylic acids is 1. The number of hydrogen-bond donors (Lipinski definition) is 2. The van der Waals surface area contributed by atoms with E-state index in [0.717, 1.165) is 0 Å². The predicted molar refractivity (Wildman–Crippen MR) is 128 cm³/mol. The molecule has 1 atom stereocenters. The molecule has 0 saturated carbocycles. The third-order valence-corrected chi connectivity index (χ3v) is 6.24. The fourth-order valence-electron chi connectivity index (χ4n) is 2.53. The lowest BCUT2D eigenvalue weighted by atomic mass is 10.1. The normalized spacial score (nSPS) is 12.8. The van der Waals surface area contributed by atoms with E-state index in [0.29, 0.717) is 18.0 Å². The van der Waals surface area contributed by atoms with Crippen LogP contribution in [0.5, 0.6) is 17.4 Å². The van der Waals surface area contributed by atoms with E-state index in [-0.39, 0.29) is 36.3 Å². The van der Waals surface area contributed by atoms with E-state index in [9.17, 15) is 26.4 Å². The Hall–Kier alpha value is -2.81. The molecule has 206 valence electrons. The first kappa shape index (κ1) is 30.4. The number of ether oxygens (including phenoxy) is 4. The number of amides is 1. The van der Waals surface area contributed by atoms with Gasteiger partial charge in [-0.05, 0) is 31.0 Å². The van der Waals surface area contributed by atoms with Crippen LogP contribution in [0.1, 0.15) is 31.9 Å². The molecule has 2 aromatic rings. The molecular weight excluding hydrogens is 543 g/mol. The predicted octanol–water partition coefficient (Wildman–Crippen LogP) is 4.68. The van der Waals surface area contributed by atoms with Gasteiger partial charge >= 0.3 is 22.5 Å². The van der Waals surface area contributed by atoms with Crippen molar-refractivity contribution in [1.29, 1.82) is 0 Å². The van der Waals surface area contributed by atoms with Gasteiger partial charge in [0.15, 0.2) is 0 Å². The Bertz CT molecular complexity index is 1180. The quantitative estimate of drug-likeness (QED) is 0.353. The van der Waals surface area contributed by atoms with Gasteiger partial charge in [-0.1, -0.05) is 25.4 Å². The lowest BCUT2D eigenvalue weighted by Crippen LogP contribution is -2.45. The van der Waals surface area contributed by atoms with Crippen molar-refractivity contribution in [3.63, 3.8) is 0 Å². The summed E-state index contributed by atoms with van der Waals surface area (Å²) in [6.07, 6.45) is -5.36. The second kappa shape index (κ2) is 13.1. The molecule has 15 heteroatoms. The third kappa shape index (κ3) is 9.87. The summed E-state index contributed by atoms with van der Waals surface area (Å²) in [7, 11) is -2.70. The minimum Gasteiger partial charge on any atom is -0.491 e. The Labute approximate surface area is 217 Å². The first-order chi connectivity index (χ1) is 17.2. The minimum absolute atomic E-state index is 0.00807. The minimum atomic E-state index is -4.65. The van der Waals surface area contributed by atoms with Crippen LogP contribution in [0.25, 0.3) is 0 Å². The summed E-state index contributed by atoms with van der Waals surface area (Å²) < 4.78 is 88.0. The van der Waals surface area contributed by atoms with E-state index in [1.54, 1.807) is 25.5 Å². The molecule has 0 bridgehead atoms. The maximum atomic E-state index is 12.9. The van der Waals surface area contributed by atoms with Gasteiger partial charge in [-0.3, -0.25) is 0 Å². The Balaban J connectivity index is 2.21. The van der Waals surface area contributed by atoms with Crippen molar-refractivity contribution in [2.24, 2.45) is 5.92 Å². The fraction of sp³-hybridized carbons (Fsp3) is 0.455. The molecule has 1 heterocycles. The molecule has 0 aliphatic heterocycles. The Kier molecular flexibility index (Phi) is 10.8. The molecule has 0 fully saturated rings. The smallest absolute Gasteiger partial charge is 0.422 e. The van der Waals surface area contributed by atoms with Crippen LogP contribution in [0, 0.1) is 5.92 Å². The molecule has 1 aromatic carbocycles. The standard InChI is InChI=1S/C22H27ClF3N3O7S/c1-13(2)14(3)28-37(31,32)29-21(30)35-12-15-5-6-17(34-8-7-33-4)10-19(15)36-20-18(23)9-16(11-27-20)22(24,25)26/h5-6,9-11,13-14,28H,7-8,12H2,1-4H3,(H,29,30). The van der Waals surface area contributed by atoms with Gasteiger partial charge in [0.25, 0.3) is 0 Å². The van der Waals surface area contributed by atoms with Crippen LogP contribution < -0.4 is 18.9 Å². The third-order valence-electron chi connectivity index (χ3n) is 4.85. The number of rotatable bonds is 12. The number of nitrogens with one attached hydrogen (secondary N) is 2. The zero-order valence-electron chi connectivity index (χ0n) is 20.4. The van der Waals surface area contributed by atoms with Gasteiger partial charge in [-0.15, -0.1) is 0 Å². The Morgan fingerprint density at radius 2 is 1.86 bits per heavy atom. The number of pyridine rings is 1. The number of benzene rings is 1. The molecule has 0 radical (unpaired) electrons. The number of methoxy groups -OCH3 is 1. The molecule has 0 saturated heterocycles. The van der Waals surface area contributed by atoms with Crippen molar-refractivity contribution in [2.45, 2.75) is 39.6 Å². The van der Waals surface area contributed by atoms with Gasteiger partial charge in [0.1, 0.15) is 29.7 Å². The van der Waals surface area contributed by atoms with Gasteiger partial charge in [0.2, 0.25) is 5.88 Å². The zero-order chi connectivity index (χ0) is 27.8. The highest BCUT2D eigenvalue weighted by molar-refractivity contribution is 7.88. The second-order valence-corrected chi connectivity index (χ2v) is 9.91. The number of hydrogen-bond acceptors (Lipinski definition) is 8. The monoisotopic (exact) mass is 569 g/mol.